The average Bonchev–Trinajstić information content (AvgIpc) is 2.72. The molecule has 2 aromatic rings. The van der Waals surface area contributed by atoms with Crippen LogP contribution in [0, 0.1) is 0 Å². The van der Waals surface area contributed by atoms with E-state index < -0.39 is 0 Å². The minimum Gasteiger partial charge on any atom is -0.393 e. The van der Waals surface area contributed by atoms with Crippen LogP contribution in [-0.2, 0) is 4.74 Å². The van der Waals surface area contributed by atoms with Crippen molar-refractivity contribution >= 4 is 21.4 Å². The molecule has 1 saturated heterocycles. The highest BCUT2D eigenvalue weighted by atomic mass is 32.1. The monoisotopic (exact) mass is 234 g/mol. The zero-order valence-electron chi connectivity index (χ0n) is 8.93. The average molecular weight is 234 g/mol. The number of hydrogen-bond donors (Lipinski definition) is 1. The lowest BCUT2D eigenvalue weighted by Gasteiger charge is -2.25. The molecule has 0 radical (unpaired) electrons. The van der Waals surface area contributed by atoms with E-state index >= 15 is 0 Å². The first-order chi connectivity index (χ1) is 7.83. The van der Waals surface area contributed by atoms with Crippen LogP contribution >= 0.6 is 11.3 Å². The molecule has 0 spiro atoms. The van der Waals surface area contributed by atoms with Crippen molar-refractivity contribution in [2.75, 3.05) is 6.61 Å². The van der Waals surface area contributed by atoms with Crippen LogP contribution in [0.5, 0.6) is 0 Å². The molecule has 1 N–H and O–H groups in total. The highest BCUT2D eigenvalue weighted by molar-refractivity contribution is 7.19. The van der Waals surface area contributed by atoms with E-state index in [0.717, 1.165) is 12.8 Å². The van der Waals surface area contributed by atoms with E-state index in [4.69, 9.17) is 4.74 Å². The van der Waals surface area contributed by atoms with Crippen molar-refractivity contribution in [3.05, 3.63) is 35.2 Å². The first-order valence-corrected chi connectivity index (χ1v) is 6.43. The van der Waals surface area contributed by atoms with Crippen LogP contribution in [0.3, 0.4) is 0 Å². The molecule has 2 atom stereocenters. The molecule has 0 aliphatic carbocycles. The van der Waals surface area contributed by atoms with E-state index in [9.17, 15) is 5.11 Å². The fourth-order valence-electron chi connectivity index (χ4n) is 2.14. The molecule has 1 aromatic carbocycles. The summed E-state index contributed by atoms with van der Waals surface area (Å²) in [6.45, 7) is 0.667. The molecule has 1 aliphatic rings. The normalized spacial score (nSPS) is 26.1. The first kappa shape index (κ1) is 10.3. The smallest absolute Gasteiger partial charge is 0.0941 e. The summed E-state index contributed by atoms with van der Waals surface area (Å²) in [5, 5.41) is 10.9. The molecule has 2 nitrogen and oxygen atoms in total. The van der Waals surface area contributed by atoms with Crippen molar-refractivity contribution in [1.82, 2.24) is 0 Å². The van der Waals surface area contributed by atoms with Gasteiger partial charge < -0.3 is 9.84 Å². The highest BCUT2D eigenvalue weighted by Crippen LogP contribution is 2.35. The Balaban J connectivity index is 1.93. The van der Waals surface area contributed by atoms with Gasteiger partial charge in [0, 0.05) is 22.6 Å². The lowest BCUT2D eigenvalue weighted by molar-refractivity contribution is -0.0431. The fraction of sp³-hybridized carbons (Fsp3) is 0.385. The number of aliphatic hydroxyl groups is 1. The van der Waals surface area contributed by atoms with E-state index in [2.05, 4.69) is 30.3 Å². The number of benzene rings is 1. The summed E-state index contributed by atoms with van der Waals surface area (Å²) in [5.41, 5.74) is 0. The minimum absolute atomic E-state index is 0.0844. The van der Waals surface area contributed by atoms with Crippen LogP contribution in [0.25, 0.3) is 10.1 Å². The lowest BCUT2D eigenvalue weighted by Crippen LogP contribution is -2.22. The van der Waals surface area contributed by atoms with Gasteiger partial charge in [-0.15, -0.1) is 11.3 Å². The van der Waals surface area contributed by atoms with Gasteiger partial charge in [0.1, 0.15) is 0 Å². The van der Waals surface area contributed by atoms with Gasteiger partial charge in [0.15, 0.2) is 0 Å². The Hall–Kier alpha value is -0.900. The summed E-state index contributed by atoms with van der Waals surface area (Å²) in [6.07, 6.45) is 1.37. The summed E-state index contributed by atoms with van der Waals surface area (Å²) in [7, 11) is 0. The summed E-state index contributed by atoms with van der Waals surface area (Å²) >= 11 is 1.77. The molecule has 0 amide bonds. The SMILES string of the molecule is OC1CCOC(c2cc3ccccc3s2)C1. The van der Waals surface area contributed by atoms with E-state index in [1.165, 1.54) is 15.0 Å². The third kappa shape index (κ3) is 1.86. The molecule has 0 bridgehead atoms. The number of thiophene rings is 1. The first-order valence-electron chi connectivity index (χ1n) is 5.61. The third-order valence-corrected chi connectivity index (χ3v) is 4.23. The largest absolute Gasteiger partial charge is 0.393 e. The number of fused-ring (bicyclic) bond motifs is 1. The van der Waals surface area contributed by atoms with Gasteiger partial charge in [-0.1, -0.05) is 18.2 Å². The van der Waals surface area contributed by atoms with Gasteiger partial charge >= 0.3 is 0 Å². The van der Waals surface area contributed by atoms with Crippen molar-refractivity contribution in [1.29, 1.82) is 0 Å². The van der Waals surface area contributed by atoms with Gasteiger partial charge in [-0.3, -0.25) is 0 Å². The molecule has 3 rings (SSSR count). The molecule has 1 aliphatic heterocycles. The molecule has 16 heavy (non-hydrogen) atoms. The molecule has 84 valence electrons. The summed E-state index contributed by atoms with van der Waals surface area (Å²) in [5.74, 6) is 0. The van der Waals surface area contributed by atoms with Crippen LogP contribution in [0.15, 0.2) is 30.3 Å². The van der Waals surface area contributed by atoms with E-state index in [0.29, 0.717) is 6.61 Å². The van der Waals surface area contributed by atoms with Gasteiger partial charge in [-0.05, 0) is 23.9 Å². The van der Waals surface area contributed by atoms with E-state index in [-0.39, 0.29) is 12.2 Å². The topological polar surface area (TPSA) is 29.5 Å². The lowest BCUT2D eigenvalue weighted by atomic mass is 10.0. The quantitative estimate of drug-likeness (QED) is 0.821. The second-order valence-corrected chi connectivity index (χ2v) is 5.34. The maximum Gasteiger partial charge on any atom is 0.0941 e. The van der Waals surface area contributed by atoms with Gasteiger partial charge in [-0.25, -0.2) is 0 Å². The Kier molecular flexibility index (Phi) is 2.67. The molecule has 1 aromatic heterocycles. The second-order valence-electron chi connectivity index (χ2n) is 4.22. The molecular formula is C13H14O2S. The number of hydrogen-bond acceptors (Lipinski definition) is 3. The molecule has 2 unspecified atom stereocenters. The van der Waals surface area contributed by atoms with Gasteiger partial charge in [0.25, 0.3) is 0 Å². The van der Waals surface area contributed by atoms with Crippen LogP contribution < -0.4 is 0 Å². The molecule has 1 fully saturated rings. The number of rotatable bonds is 1. The maximum absolute atomic E-state index is 9.64. The van der Waals surface area contributed by atoms with Gasteiger partial charge in [-0.2, -0.15) is 0 Å². The second kappa shape index (κ2) is 4.17. The van der Waals surface area contributed by atoms with Crippen molar-refractivity contribution < 1.29 is 9.84 Å². The Morgan fingerprint density at radius 1 is 1.31 bits per heavy atom. The molecule has 3 heteroatoms. The van der Waals surface area contributed by atoms with E-state index in [1.807, 2.05) is 0 Å². The Labute approximate surface area is 98.5 Å². The molecular weight excluding hydrogens is 220 g/mol. The third-order valence-electron chi connectivity index (χ3n) is 3.02. The Morgan fingerprint density at radius 2 is 2.19 bits per heavy atom. The predicted molar refractivity (Wildman–Crippen MR) is 65.8 cm³/mol. The Morgan fingerprint density at radius 3 is 3.00 bits per heavy atom. The number of aliphatic hydroxyl groups excluding tert-OH is 1. The zero-order chi connectivity index (χ0) is 11.0. The summed E-state index contributed by atoms with van der Waals surface area (Å²) in [4.78, 5) is 1.24. The van der Waals surface area contributed by atoms with Crippen LogP contribution in [-0.4, -0.2) is 17.8 Å². The van der Waals surface area contributed by atoms with Crippen molar-refractivity contribution in [2.45, 2.75) is 25.0 Å². The van der Waals surface area contributed by atoms with Crippen molar-refractivity contribution in [3.8, 4) is 0 Å². The molecule has 0 saturated carbocycles. The highest BCUT2D eigenvalue weighted by Gasteiger charge is 2.23. The maximum atomic E-state index is 9.64. The zero-order valence-corrected chi connectivity index (χ0v) is 9.74. The van der Waals surface area contributed by atoms with Crippen molar-refractivity contribution in [2.24, 2.45) is 0 Å². The van der Waals surface area contributed by atoms with Crippen LogP contribution in [0.4, 0.5) is 0 Å². The van der Waals surface area contributed by atoms with Gasteiger partial charge in [0.05, 0.1) is 12.2 Å². The van der Waals surface area contributed by atoms with E-state index in [1.54, 1.807) is 11.3 Å². The fourth-order valence-corrected chi connectivity index (χ4v) is 3.27. The predicted octanol–water partition coefficient (Wildman–Crippen LogP) is 3.11. The number of ether oxygens (including phenoxy) is 1. The van der Waals surface area contributed by atoms with Gasteiger partial charge in [0.2, 0.25) is 0 Å². The summed E-state index contributed by atoms with van der Waals surface area (Å²) in [6, 6.07) is 10.5. The van der Waals surface area contributed by atoms with Crippen LogP contribution in [0.1, 0.15) is 23.8 Å². The Bertz CT molecular complexity index is 458. The van der Waals surface area contributed by atoms with Crippen molar-refractivity contribution in [3.63, 3.8) is 0 Å². The minimum atomic E-state index is -0.205. The molecule has 2 heterocycles. The summed E-state index contributed by atoms with van der Waals surface area (Å²) < 4.78 is 7.01. The van der Waals surface area contributed by atoms with Crippen LogP contribution in [0.2, 0.25) is 0 Å². The standard InChI is InChI=1S/C13H14O2S/c14-10-5-6-15-11(8-10)13-7-9-3-1-2-4-12(9)16-13/h1-4,7,10-11,14H,5-6,8H2.